The van der Waals surface area contributed by atoms with Crippen molar-refractivity contribution in [3.63, 3.8) is 0 Å². The van der Waals surface area contributed by atoms with E-state index in [-0.39, 0.29) is 23.3 Å². The molecule has 1 heterocycles. The molecular formula is C7H8ClN3O2. The molecule has 6 heteroatoms. The van der Waals surface area contributed by atoms with Gasteiger partial charge in [-0.05, 0) is 12.1 Å². The number of nitrogens with two attached hydrogens (primary N) is 2. The summed E-state index contributed by atoms with van der Waals surface area (Å²) in [6, 6.07) is 2.93. The molecule has 0 fully saturated rings. The Bertz CT molecular complexity index is 330. The van der Waals surface area contributed by atoms with Gasteiger partial charge in [-0.15, -0.1) is 0 Å². The molecule has 0 radical (unpaired) electrons. The fraction of sp³-hybridized carbons (Fsp3) is 0.143. The zero-order chi connectivity index (χ0) is 9.84. The molecule has 0 atom stereocenters. The highest BCUT2D eigenvalue weighted by Gasteiger charge is 2.06. The van der Waals surface area contributed by atoms with Gasteiger partial charge in [0.15, 0.2) is 11.6 Å². The number of anilines is 1. The maximum absolute atomic E-state index is 10.8. The maximum Gasteiger partial charge on any atom is 0.325 e. The minimum absolute atomic E-state index is 0.0642. The van der Waals surface area contributed by atoms with Crippen LogP contribution >= 0.6 is 11.6 Å². The second-order valence-electron chi connectivity index (χ2n) is 2.20. The molecule has 0 aromatic carbocycles. The second kappa shape index (κ2) is 4.06. The lowest BCUT2D eigenvalue weighted by Gasteiger charge is -2.04. The van der Waals surface area contributed by atoms with Crippen molar-refractivity contribution in [1.82, 2.24) is 4.98 Å². The van der Waals surface area contributed by atoms with Crippen molar-refractivity contribution in [2.45, 2.75) is 0 Å². The number of esters is 1. The van der Waals surface area contributed by atoms with Crippen molar-refractivity contribution in [3.8, 4) is 5.75 Å². The van der Waals surface area contributed by atoms with E-state index >= 15 is 0 Å². The number of hydrogen-bond acceptors (Lipinski definition) is 5. The van der Waals surface area contributed by atoms with Crippen LogP contribution in [-0.2, 0) is 4.79 Å². The normalized spacial score (nSPS) is 9.69. The molecule has 0 aliphatic carbocycles. The highest BCUT2D eigenvalue weighted by atomic mass is 35.5. The largest absolute Gasteiger partial charge is 0.422 e. The number of nitrogen functional groups attached to an aromatic ring is 1. The van der Waals surface area contributed by atoms with Crippen LogP contribution in [0.15, 0.2) is 12.1 Å². The Balaban J connectivity index is 2.83. The number of halogens is 1. The van der Waals surface area contributed by atoms with E-state index in [0.717, 1.165) is 0 Å². The van der Waals surface area contributed by atoms with Gasteiger partial charge in [-0.25, -0.2) is 4.98 Å². The van der Waals surface area contributed by atoms with E-state index in [4.69, 9.17) is 27.8 Å². The Kier molecular flexibility index (Phi) is 3.05. The van der Waals surface area contributed by atoms with Crippen molar-refractivity contribution < 1.29 is 9.53 Å². The lowest BCUT2D eigenvalue weighted by molar-refractivity contribution is -0.132. The minimum Gasteiger partial charge on any atom is -0.422 e. The Labute approximate surface area is 79.6 Å². The van der Waals surface area contributed by atoms with Gasteiger partial charge in [0.1, 0.15) is 5.15 Å². The van der Waals surface area contributed by atoms with Crippen molar-refractivity contribution >= 4 is 23.4 Å². The van der Waals surface area contributed by atoms with Crippen LogP contribution in [0.4, 0.5) is 5.82 Å². The van der Waals surface area contributed by atoms with Crippen molar-refractivity contribution in [3.05, 3.63) is 17.3 Å². The lowest BCUT2D eigenvalue weighted by atomic mass is 10.4. The molecule has 5 nitrogen and oxygen atoms in total. The molecular weight excluding hydrogens is 194 g/mol. The quantitative estimate of drug-likeness (QED) is 0.526. The SMILES string of the molecule is NCC(=O)Oc1ccc(Cl)nc1N. The minimum atomic E-state index is -0.573. The molecule has 1 aromatic rings. The van der Waals surface area contributed by atoms with Gasteiger partial charge in [0.05, 0.1) is 6.54 Å². The summed E-state index contributed by atoms with van der Waals surface area (Å²) in [5, 5.41) is 0.241. The first kappa shape index (κ1) is 9.76. The van der Waals surface area contributed by atoms with Crippen LogP contribution in [0.2, 0.25) is 5.15 Å². The number of hydrogen-bond donors (Lipinski definition) is 2. The molecule has 0 spiro atoms. The predicted octanol–water partition coefficient (Wildman–Crippen LogP) is 0.181. The Morgan fingerprint density at radius 2 is 2.31 bits per heavy atom. The molecule has 0 saturated carbocycles. The standard InChI is InChI=1S/C7H8ClN3O2/c8-5-2-1-4(7(10)11-5)13-6(12)3-9/h1-2H,3,9H2,(H2,10,11). The molecule has 0 aliphatic heterocycles. The molecule has 1 aromatic heterocycles. The Morgan fingerprint density at radius 3 is 2.85 bits per heavy atom. The number of pyridine rings is 1. The smallest absolute Gasteiger partial charge is 0.325 e. The summed E-state index contributed by atoms with van der Waals surface area (Å²) >= 11 is 5.53. The Hall–Kier alpha value is -1.33. The van der Waals surface area contributed by atoms with E-state index in [9.17, 15) is 4.79 Å². The van der Waals surface area contributed by atoms with Crippen LogP contribution < -0.4 is 16.2 Å². The third kappa shape index (κ3) is 2.57. The fourth-order valence-electron chi connectivity index (χ4n) is 0.688. The molecule has 13 heavy (non-hydrogen) atoms. The molecule has 1 rings (SSSR count). The Morgan fingerprint density at radius 1 is 1.62 bits per heavy atom. The average molecular weight is 202 g/mol. The number of aromatic nitrogens is 1. The fourth-order valence-corrected chi connectivity index (χ4v) is 0.842. The van der Waals surface area contributed by atoms with E-state index < -0.39 is 5.97 Å². The average Bonchev–Trinajstić information content (AvgIpc) is 2.09. The van der Waals surface area contributed by atoms with Gasteiger partial charge in [-0.2, -0.15) is 0 Å². The number of nitrogens with zero attached hydrogens (tertiary/aromatic N) is 1. The number of ether oxygens (including phenoxy) is 1. The van der Waals surface area contributed by atoms with Gasteiger partial charge in [0.2, 0.25) is 0 Å². The summed E-state index contributed by atoms with van der Waals surface area (Å²) < 4.78 is 4.74. The monoisotopic (exact) mass is 201 g/mol. The first-order chi connectivity index (χ1) is 6.13. The number of carbonyl (C=O) groups excluding carboxylic acids is 1. The third-order valence-electron chi connectivity index (χ3n) is 1.24. The third-order valence-corrected chi connectivity index (χ3v) is 1.45. The zero-order valence-corrected chi connectivity index (χ0v) is 7.41. The van der Waals surface area contributed by atoms with Gasteiger partial charge in [0, 0.05) is 0 Å². The second-order valence-corrected chi connectivity index (χ2v) is 2.58. The summed E-state index contributed by atoms with van der Waals surface area (Å²) in [5.74, 6) is -0.343. The summed E-state index contributed by atoms with van der Waals surface area (Å²) in [7, 11) is 0. The van der Waals surface area contributed by atoms with Gasteiger partial charge in [-0.1, -0.05) is 11.6 Å². The summed E-state index contributed by atoms with van der Waals surface area (Å²) in [6.45, 7) is -0.206. The van der Waals surface area contributed by atoms with Gasteiger partial charge < -0.3 is 16.2 Å². The van der Waals surface area contributed by atoms with E-state index in [2.05, 4.69) is 4.98 Å². The van der Waals surface area contributed by atoms with Gasteiger partial charge in [0.25, 0.3) is 0 Å². The first-order valence-electron chi connectivity index (χ1n) is 3.46. The highest BCUT2D eigenvalue weighted by molar-refractivity contribution is 6.29. The molecule has 70 valence electrons. The molecule has 0 aliphatic rings. The van der Waals surface area contributed by atoms with Crippen molar-refractivity contribution in [1.29, 1.82) is 0 Å². The van der Waals surface area contributed by atoms with Gasteiger partial charge in [-0.3, -0.25) is 4.79 Å². The molecule has 0 saturated heterocycles. The molecule has 4 N–H and O–H groups in total. The van der Waals surface area contributed by atoms with Crippen molar-refractivity contribution in [2.24, 2.45) is 5.73 Å². The summed E-state index contributed by atoms with van der Waals surface area (Å²) in [6.07, 6.45) is 0. The predicted molar refractivity (Wildman–Crippen MR) is 48.3 cm³/mol. The van der Waals surface area contributed by atoms with E-state index in [1.807, 2.05) is 0 Å². The first-order valence-corrected chi connectivity index (χ1v) is 3.84. The molecule has 0 bridgehead atoms. The highest BCUT2D eigenvalue weighted by Crippen LogP contribution is 2.20. The van der Waals surface area contributed by atoms with Crippen LogP contribution in [-0.4, -0.2) is 17.5 Å². The zero-order valence-electron chi connectivity index (χ0n) is 6.66. The van der Waals surface area contributed by atoms with Crippen molar-refractivity contribution in [2.75, 3.05) is 12.3 Å². The summed E-state index contributed by atoms with van der Waals surface area (Å²) in [4.78, 5) is 14.4. The van der Waals surface area contributed by atoms with E-state index in [0.29, 0.717) is 0 Å². The van der Waals surface area contributed by atoms with Crippen LogP contribution in [0.5, 0.6) is 5.75 Å². The van der Waals surface area contributed by atoms with Crippen LogP contribution in [0.25, 0.3) is 0 Å². The topological polar surface area (TPSA) is 91.2 Å². The molecule has 0 amide bonds. The maximum atomic E-state index is 10.8. The van der Waals surface area contributed by atoms with E-state index in [1.54, 1.807) is 0 Å². The van der Waals surface area contributed by atoms with Crippen LogP contribution in [0, 0.1) is 0 Å². The lowest BCUT2D eigenvalue weighted by Crippen LogP contribution is -2.20. The number of rotatable bonds is 2. The summed E-state index contributed by atoms with van der Waals surface area (Å²) in [5.41, 5.74) is 10.4. The van der Waals surface area contributed by atoms with E-state index in [1.165, 1.54) is 12.1 Å². The van der Waals surface area contributed by atoms with Crippen LogP contribution in [0.3, 0.4) is 0 Å². The van der Waals surface area contributed by atoms with Crippen LogP contribution in [0.1, 0.15) is 0 Å². The molecule has 0 unspecified atom stereocenters. The number of carbonyl (C=O) groups is 1. The van der Waals surface area contributed by atoms with Gasteiger partial charge >= 0.3 is 5.97 Å².